The number of nitrogen functional groups attached to an aromatic ring is 1. The lowest BCUT2D eigenvalue weighted by Gasteiger charge is -2.20. The predicted molar refractivity (Wildman–Crippen MR) is 79.1 cm³/mol. The van der Waals surface area contributed by atoms with Crippen molar-refractivity contribution in [2.75, 3.05) is 17.7 Å². The van der Waals surface area contributed by atoms with E-state index >= 15 is 0 Å². The molecule has 1 heterocycles. The Kier molecular flexibility index (Phi) is 4.00. The zero-order valence-electron chi connectivity index (χ0n) is 11.7. The maximum absolute atomic E-state index is 5.97. The number of nitrogens with two attached hydrogens (primary N) is 1. The zero-order chi connectivity index (χ0) is 13.8. The molecule has 0 spiro atoms. The van der Waals surface area contributed by atoms with Crippen molar-refractivity contribution in [2.45, 2.75) is 26.8 Å². The number of anilines is 2. The summed E-state index contributed by atoms with van der Waals surface area (Å²) in [6.45, 7) is 4.76. The minimum absolute atomic E-state index is 0.742. The van der Waals surface area contributed by atoms with Crippen molar-refractivity contribution in [3.63, 3.8) is 0 Å². The number of hydrogen-bond acceptors (Lipinski definition) is 4. The van der Waals surface area contributed by atoms with E-state index in [9.17, 15) is 0 Å². The van der Waals surface area contributed by atoms with E-state index in [2.05, 4.69) is 21.8 Å². The van der Waals surface area contributed by atoms with Gasteiger partial charge in [0.25, 0.3) is 0 Å². The number of nitrogens with zero attached hydrogens (tertiary/aromatic N) is 3. The van der Waals surface area contributed by atoms with Crippen LogP contribution in [0, 0.1) is 6.92 Å². The first-order valence-electron chi connectivity index (χ1n) is 6.49. The van der Waals surface area contributed by atoms with Crippen molar-refractivity contribution in [1.29, 1.82) is 0 Å². The number of rotatable bonds is 4. The Morgan fingerprint density at radius 3 is 2.63 bits per heavy atom. The van der Waals surface area contributed by atoms with E-state index in [1.807, 2.05) is 44.3 Å². The van der Waals surface area contributed by atoms with E-state index in [1.165, 1.54) is 0 Å². The average molecular weight is 256 g/mol. The molecule has 1 aromatic heterocycles. The molecule has 0 unspecified atom stereocenters. The Hall–Kier alpha value is -2.10. The summed E-state index contributed by atoms with van der Waals surface area (Å²) in [5.74, 6) is 1.75. The highest BCUT2D eigenvalue weighted by Gasteiger charge is 2.08. The summed E-state index contributed by atoms with van der Waals surface area (Å²) >= 11 is 0. The molecule has 0 saturated heterocycles. The molecule has 4 nitrogen and oxygen atoms in total. The Labute approximate surface area is 114 Å². The van der Waals surface area contributed by atoms with Gasteiger partial charge in [-0.2, -0.15) is 0 Å². The van der Waals surface area contributed by atoms with Crippen LogP contribution in [0.4, 0.5) is 11.5 Å². The fourth-order valence-electron chi connectivity index (χ4n) is 2.00. The van der Waals surface area contributed by atoms with Gasteiger partial charge in [0, 0.05) is 31.0 Å². The molecule has 0 aliphatic rings. The predicted octanol–water partition coefficient (Wildman–Crippen LogP) is 2.57. The average Bonchev–Trinajstić information content (AvgIpc) is 2.40. The van der Waals surface area contributed by atoms with Crippen LogP contribution in [0.3, 0.4) is 0 Å². The molecule has 0 saturated carbocycles. The van der Waals surface area contributed by atoms with E-state index in [4.69, 9.17) is 5.73 Å². The SMILES string of the molecule is CCc1cc(N(C)Cc2ccccc2N)nc(C)n1. The lowest BCUT2D eigenvalue weighted by molar-refractivity contribution is 0.862. The molecule has 0 bridgehead atoms. The van der Waals surface area contributed by atoms with Gasteiger partial charge in [0.05, 0.1) is 0 Å². The molecule has 0 fully saturated rings. The zero-order valence-corrected chi connectivity index (χ0v) is 11.7. The molecule has 2 aromatic rings. The number of aryl methyl sites for hydroxylation is 2. The number of para-hydroxylation sites is 1. The number of hydrogen-bond donors (Lipinski definition) is 1. The van der Waals surface area contributed by atoms with E-state index in [0.29, 0.717) is 0 Å². The molecule has 19 heavy (non-hydrogen) atoms. The molecule has 0 amide bonds. The molecule has 1 aromatic carbocycles. The van der Waals surface area contributed by atoms with Gasteiger partial charge in [0.15, 0.2) is 0 Å². The molecular weight excluding hydrogens is 236 g/mol. The minimum atomic E-state index is 0.742. The molecule has 100 valence electrons. The summed E-state index contributed by atoms with van der Waals surface area (Å²) in [5.41, 5.74) is 8.96. The summed E-state index contributed by atoms with van der Waals surface area (Å²) in [6.07, 6.45) is 0.914. The Bertz CT molecular complexity index is 566. The fourth-order valence-corrected chi connectivity index (χ4v) is 2.00. The topological polar surface area (TPSA) is 55.0 Å². The van der Waals surface area contributed by atoms with Gasteiger partial charge in [0.1, 0.15) is 11.6 Å². The molecule has 0 radical (unpaired) electrons. The van der Waals surface area contributed by atoms with Crippen LogP contribution < -0.4 is 10.6 Å². The maximum atomic E-state index is 5.97. The maximum Gasteiger partial charge on any atom is 0.132 e. The minimum Gasteiger partial charge on any atom is -0.398 e. The van der Waals surface area contributed by atoms with Gasteiger partial charge in [-0.05, 0) is 25.0 Å². The molecule has 2 N–H and O–H groups in total. The standard InChI is InChI=1S/C15H20N4/c1-4-13-9-15(18-11(2)17-13)19(3)10-12-7-5-6-8-14(12)16/h5-9H,4,10,16H2,1-3H3. The second kappa shape index (κ2) is 5.69. The van der Waals surface area contributed by atoms with E-state index in [0.717, 1.165) is 41.6 Å². The van der Waals surface area contributed by atoms with Crippen molar-refractivity contribution in [1.82, 2.24) is 9.97 Å². The lowest BCUT2D eigenvalue weighted by Crippen LogP contribution is -2.19. The molecule has 0 aliphatic heterocycles. The van der Waals surface area contributed by atoms with Crippen LogP contribution in [-0.2, 0) is 13.0 Å². The third-order valence-electron chi connectivity index (χ3n) is 3.09. The van der Waals surface area contributed by atoms with Gasteiger partial charge in [-0.3, -0.25) is 0 Å². The summed E-state index contributed by atoms with van der Waals surface area (Å²) in [7, 11) is 2.02. The van der Waals surface area contributed by atoms with Crippen molar-refractivity contribution < 1.29 is 0 Å². The van der Waals surface area contributed by atoms with Gasteiger partial charge in [0.2, 0.25) is 0 Å². The van der Waals surface area contributed by atoms with Crippen LogP contribution in [0.1, 0.15) is 24.0 Å². The van der Waals surface area contributed by atoms with Crippen molar-refractivity contribution in [2.24, 2.45) is 0 Å². The first kappa shape index (κ1) is 13.3. The molecular formula is C15H20N4. The van der Waals surface area contributed by atoms with Crippen LogP contribution in [-0.4, -0.2) is 17.0 Å². The van der Waals surface area contributed by atoms with Crippen LogP contribution in [0.15, 0.2) is 30.3 Å². The first-order valence-corrected chi connectivity index (χ1v) is 6.49. The smallest absolute Gasteiger partial charge is 0.132 e. The van der Waals surface area contributed by atoms with E-state index in [1.54, 1.807) is 0 Å². The van der Waals surface area contributed by atoms with Crippen LogP contribution in [0.5, 0.6) is 0 Å². The fraction of sp³-hybridized carbons (Fsp3) is 0.333. The van der Waals surface area contributed by atoms with Gasteiger partial charge >= 0.3 is 0 Å². The van der Waals surface area contributed by atoms with Crippen LogP contribution in [0.25, 0.3) is 0 Å². The highest BCUT2D eigenvalue weighted by Crippen LogP contribution is 2.18. The monoisotopic (exact) mass is 256 g/mol. The van der Waals surface area contributed by atoms with Crippen molar-refractivity contribution in [3.05, 3.63) is 47.4 Å². The second-order valence-corrected chi connectivity index (χ2v) is 4.67. The van der Waals surface area contributed by atoms with Gasteiger partial charge in [-0.15, -0.1) is 0 Å². The van der Waals surface area contributed by atoms with E-state index < -0.39 is 0 Å². The Morgan fingerprint density at radius 1 is 1.21 bits per heavy atom. The first-order chi connectivity index (χ1) is 9.10. The summed E-state index contributed by atoms with van der Waals surface area (Å²) in [5, 5.41) is 0. The largest absolute Gasteiger partial charge is 0.398 e. The van der Waals surface area contributed by atoms with E-state index in [-0.39, 0.29) is 0 Å². The molecule has 2 rings (SSSR count). The molecule has 4 heteroatoms. The Morgan fingerprint density at radius 2 is 1.95 bits per heavy atom. The molecule has 0 aliphatic carbocycles. The highest BCUT2D eigenvalue weighted by molar-refractivity contribution is 5.49. The quantitative estimate of drug-likeness (QED) is 0.854. The lowest BCUT2D eigenvalue weighted by atomic mass is 10.1. The van der Waals surface area contributed by atoms with Crippen molar-refractivity contribution >= 4 is 11.5 Å². The van der Waals surface area contributed by atoms with Crippen LogP contribution >= 0.6 is 0 Å². The van der Waals surface area contributed by atoms with Gasteiger partial charge in [-0.1, -0.05) is 25.1 Å². The second-order valence-electron chi connectivity index (χ2n) is 4.67. The third-order valence-corrected chi connectivity index (χ3v) is 3.09. The van der Waals surface area contributed by atoms with Crippen LogP contribution in [0.2, 0.25) is 0 Å². The van der Waals surface area contributed by atoms with Crippen molar-refractivity contribution in [3.8, 4) is 0 Å². The highest BCUT2D eigenvalue weighted by atomic mass is 15.2. The van der Waals surface area contributed by atoms with Gasteiger partial charge < -0.3 is 10.6 Å². The Balaban J connectivity index is 2.22. The van der Waals surface area contributed by atoms with Gasteiger partial charge in [-0.25, -0.2) is 9.97 Å². The number of benzene rings is 1. The summed E-state index contributed by atoms with van der Waals surface area (Å²) in [6, 6.07) is 9.95. The normalized spacial score (nSPS) is 10.5. The third kappa shape index (κ3) is 3.22. The summed E-state index contributed by atoms with van der Waals surface area (Å²) in [4.78, 5) is 11.0. The molecule has 0 atom stereocenters. The number of aromatic nitrogens is 2. The summed E-state index contributed by atoms with van der Waals surface area (Å²) < 4.78 is 0.